The molecule has 0 aliphatic rings. The lowest BCUT2D eigenvalue weighted by Gasteiger charge is -2.03. The summed E-state index contributed by atoms with van der Waals surface area (Å²) < 4.78 is 24.2. The van der Waals surface area contributed by atoms with Crippen molar-refractivity contribution >= 4 is 27.5 Å². The van der Waals surface area contributed by atoms with Gasteiger partial charge in [-0.3, -0.25) is 0 Å². The fourth-order valence-corrected chi connectivity index (χ4v) is 1.08. The molecule has 0 aromatic carbocycles. The Labute approximate surface area is 80.3 Å². The van der Waals surface area contributed by atoms with E-state index in [1.165, 1.54) is 0 Å². The molecule has 0 spiro atoms. The zero-order valence-corrected chi connectivity index (χ0v) is 7.90. The normalized spacial score (nSPS) is 10.8. The third kappa shape index (κ3) is 1.84. The molecule has 6 heteroatoms. The van der Waals surface area contributed by atoms with Crippen LogP contribution < -0.4 is 0 Å². The first kappa shape index (κ1) is 9.67. The Kier molecular flexibility index (Phi) is 2.85. The van der Waals surface area contributed by atoms with Crippen molar-refractivity contribution in [1.82, 2.24) is 4.98 Å². The van der Waals surface area contributed by atoms with Crippen molar-refractivity contribution in [3.63, 3.8) is 0 Å². The molecule has 0 radical (unpaired) electrons. The second-order valence-corrected chi connectivity index (χ2v) is 3.12. The Balaban J connectivity index is 3.23. The minimum Gasteiger partial charge on any atom is -0.506 e. The van der Waals surface area contributed by atoms with Crippen LogP contribution in [0.3, 0.4) is 0 Å². The summed E-state index contributed by atoms with van der Waals surface area (Å²) >= 11 is 8.34. The van der Waals surface area contributed by atoms with Gasteiger partial charge in [-0.1, -0.05) is 11.6 Å². The lowest BCUT2D eigenvalue weighted by molar-refractivity contribution is 0.141. The Morgan fingerprint density at radius 3 is 2.67 bits per heavy atom. The van der Waals surface area contributed by atoms with Gasteiger partial charge in [-0.05, 0) is 15.9 Å². The van der Waals surface area contributed by atoms with Crippen LogP contribution in [0, 0.1) is 0 Å². The molecule has 0 saturated carbocycles. The first-order chi connectivity index (χ1) is 5.52. The molecular weight excluding hydrogens is 255 g/mol. The topological polar surface area (TPSA) is 33.1 Å². The van der Waals surface area contributed by atoms with E-state index < -0.39 is 17.9 Å². The van der Waals surface area contributed by atoms with Crippen molar-refractivity contribution in [2.24, 2.45) is 0 Å². The Hall–Kier alpha value is -0.420. The van der Waals surface area contributed by atoms with Gasteiger partial charge in [-0.2, -0.15) is 0 Å². The lowest BCUT2D eigenvalue weighted by Crippen LogP contribution is -1.91. The molecule has 0 amide bonds. The smallest absolute Gasteiger partial charge is 0.284 e. The van der Waals surface area contributed by atoms with Crippen molar-refractivity contribution in [1.29, 1.82) is 0 Å². The predicted molar refractivity (Wildman–Crippen MR) is 43.6 cm³/mol. The average molecular weight is 258 g/mol. The van der Waals surface area contributed by atoms with Crippen molar-refractivity contribution < 1.29 is 13.9 Å². The molecule has 0 aliphatic carbocycles. The molecule has 0 saturated heterocycles. The van der Waals surface area contributed by atoms with E-state index in [4.69, 9.17) is 16.7 Å². The van der Waals surface area contributed by atoms with Crippen LogP contribution >= 0.6 is 27.5 Å². The summed E-state index contributed by atoms with van der Waals surface area (Å²) in [5.74, 6) is -0.599. The second kappa shape index (κ2) is 3.53. The van der Waals surface area contributed by atoms with E-state index in [-0.39, 0.29) is 9.63 Å². The number of nitrogens with zero attached hydrogens (tertiary/aromatic N) is 1. The number of hydrogen-bond donors (Lipinski definition) is 1. The largest absolute Gasteiger partial charge is 0.506 e. The summed E-state index contributed by atoms with van der Waals surface area (Å²) in [6.45, 7) is 0. The van der Waals surface area contributed by atoms with Crippen LogP contribution in [0.2, 0.25) is 5.02 Å². The van der Waals surface area contributed by atoms with E-state index in [2.05, 4.69) is 20.9 Å². The minimum absolute atomic E-state index is 0.0944. The first-order valence-corrected chi connectivity index (χ1v) is 4.02. The molecule has 1 rings (SSSR count). The maximum absolute atomic E-state index is 12.1. The maximum Gasteiger partial charge on any atom is 0.284 e. The quantitative estimate of drug-likeness (QED) is 0.785. The second-order valence-electron chi connectivity index (χ2n) is 1.97. The lowest BCUT2D eigenvalue weighted by atomic mass is 10.3. The van der Waals surface area contributed by atoms with E-state index >= 15 is 0 Å². The van der Waals surface area contributed by atoms with Gasteiger partial charge in [0.15, 0.2) is 0 Å². The van der Waals surface area contributed by atoms with E-state index in [1.807, 2.05) is 0 Å². The van der Waals surface area contributed by atoms with Crippen molar-refractivity contribution in [2.75, 3.05) is 0 Å². The number of aromatic hydroxyl groups is 1. The van der Waals surface area contributed by atoms with Crippen LogP contribution in [0.4, 0.5) is 8.78 Å². The third-order valence-corrected chi connectivity index (χ3v) is 2.27. The standard InChI is InChI=1S/C6H3BrClF2NO/c7-5-2(8)1-3(12)4(11-5)6(9)10/h1,6,12H. The summed E-state index contributed by atoms with van der Waals surface area (Å²) in [6, 6.07) is 1.01. The average Bonchev–Trinajstić information content (AvgIpc) is 1.96. The molecule has 1 aromatic heterocycles. The van der Waals surface area contributed by atoms with Crippen LogP contribution in [-0.4, -0.2) is 10.1 Å². The highest BCUT2D eigenvalue weighted by Gasteiger charge is 2.16. The Bertz CT molecular complexity index is 308. The van der Waals surface area contributed by atoms with Gasteiger partial charge in [0.25, 0.3) is 6.43 Å². The fourth-order valence-electron chi connectivity index (χ4n) is 0.631. The van der Waals surface area contributed by atoms with E-state index in [9.17, 15) is 8.78 Å². The van der Waals surface area contributed by atoms with Crippen LogP contribution in [0.25, 0.3) is 0 Å². The molecule has 1 N–H and O–H groups in total. The molecule has 0 aliphatic heterocycles. The van der Waals surface area contributed by atoms with Gasteiger partial charge in [-0.15, -0.1) is 0 Å². The minimum atomic E-state index is -2.81. The predicted octanol–water partition coefficient (Wildman–Crippen LogP) is 3.14. The number of rotatable bonds is 1. The molecule has 12 heavy (non-hydrogen) atoms. The van der Waals surface area contributed by atoms with Crippen LogP contribution in [0.1, 0.15) is 12.1 Å². The molecular formula is C6H3BrClF2NO. The van der Waals surface area contributed by atoms with E-state index in [0.717, 1.165) is 6.07 Å². The fraction of sp³-hybridized carbons (Fsp3) is 0.167. The van der Waals surface area contributed by atoms with Crippen LogP contribution in [0.15, 0.2) is 10.7 Å². The Morgan fingerprint density at radius 1 is 1.58 bits per heavy atom. The number of pyridine rings is 1. The number of alkyl halides is 2. The summed E-state index contributed by atoms with van der Waals surface area (Å²) in [5.41, 5.74) is -0.675. The summed E-state index contributed by atoms with van der Waals surface area (Å²) in [5, 5.41) is 9.03. The Morgan fingerprint density at radius 2 is 2.17 bits per heavy atom. The molecule has 1 aromatic rings. The van der Waals surface area contributed by atoms with Gasteiger partial charge in [0, 0.05) is 6.07 Å². The van der Waals surface area contributed by atoms with E-state index in [0.29, 0.717) is 0 Å². The van der Waals surface area contributed by atoms with Crippen molar-refractivity contribution in [3.05, 3.63) is 21.4 Å². The summed E-state index contributed by atoms with van der Waals surface area (Å²) in [7, 11) is 0. The van der Waals surface area contributed by atoms with Gasteiger partial charge < -0.3 is 5.11 Å². The SMILES string of the molecule is Oc1cc(Cl)c(Br)nc1C(F)F. The maximum atomic E-state index is 12.1. The van der Waals surface area contributed by atoms with Gasteiger partial charge in [0.1, 0.15) is 16.0 Å². The van der Waals surface area contributed by atoms with Crippen LogP contribution in [-0.2, 0) is 0 Å². The van der Waals surface area contributed by atoms with Crippen molar-refractivity contribution in [2.45, 2.75) is 6.43 Å². The molecule has 1 heterocycles. The molecule has 2 nitrogen and oxygen atoms in total. The number of aromatic nitrogens is 1. The molecule has 0 unspecified atom stereocenters. The highest BCUT2D eigenvalue weighted by atomic mass is 79.9. The van der Waals surface area contributed by atoms with Gasteiger partial charge in [-0.25, -0.2) is 13.8 Å². The highest BCUT2D eigenvalue weighted by Crippen LogP contribution is 2.32. The van der Waals surface area contributed by atoms with Gasteiger partial charge in [0.2, 0.25) is 0 Å². The molecule has 0 atom stereocenters. The van der Waals surface area contributed by atoms with Crippen molar-refractivity contribution in [3.8, 4) is 5.75 Å². The molecule has 66 valence electrons. The molecule has 0 fully saturated rings. The molecule has 0 bridgehead atoms. The highest BCUT2D eigenvalue weighted by molar-refractivity contribution is 9.10. The van der Waals surface area contributed by atoms with Gasteiger partial charge in [0.05, 0.1) is 5.02 Å². The summed E-state index contributed by atoms with van der Waals surface area (Å²) in [4.78, 5) is 3.36. The zero-order valence-electron chi connectivity index (χ0n) is 5.56. The monoisotopic (exact) mass is 257 g/mol. The van der Waals surface area contributed by atoms with E-state index in [1.54, 1.807) is 0 Å². The number of halogens is 4. The van der Waals surface area contributed by atoms with Crippen LogP contribution in [0.5, 0.6) is 5.75 Å². The third-order valence-electron chi connectivity index (χ3n) is 1.15. The number of hydrogen-bond acceptors (Lipinski definition) is 2. The summed E-state index contributed by atoms with van der Waals surface area (Å²) in [6.07, 6.45) is -2.81. The zero-order chi connectivity index (χ0) is 9.30. The first-order valence-electron chi connectivity index (χ1n) is 2.85. The van der Waals surface area contributed by atoms with Gasteiger partial charge >= 0.3 is 0 Å².